The molecule has 0 saturated carbocycles. The molecule has 0 aliphatic carbocycles. The molecule has 0 amide bonds. The van der Waals surface area contributed by atoms with Crippen LogP contribution in [0.3, 0.4) is 0 Å². The van der Waals surface area contributed by atoms with Gasteiger partial charge in [0.25, 0.3) is 0 Å². The predicted molar refractivity (Wildman–Crippen MR) is 82.9 cm³/mol. The first-order chi connectivity index (χ1) is 9.62. The molecule has 0 radical (unpaired) electrons. The molecule has 1 fully saturated rings. The van der Waals surface area contributed by atoms with Crippen molar-refractivity contribution in [2.45, 2.75) is 56.8 Å². The summed E-state index contributed by atoms with van der Waals surface area (Å²) in [5.74, 6) is 0.940. The summed E-state index contributed by atoms with van der Waals surface area (Å²) < 4.78 is 13.3. The summed E-state index contributed by atoms with van der Waals surface area (Å²) in [5.41, 5.74) is 7.37. The van der Waals surface area contributed by atoms with Crippen LogP contribution in [0.25, 0.3) is 0 Å². The van der Waals surface area contributed by atoms with Gasteiger partial charge >= 0.3 is 0 Å². The Bertz CT molecular complexity index is 491. The summed E-state index contributed by atoms with van der Waals surface area (Å²) >= 11 is 3.51. The molecule has 2 unspecified atom stereocenters. The predicted octanol–water partition coefficient (Wildman–Crippen LogP) is 3.95. The molecule has 3 rings (SSSR count). The molecule has 3 nitrogen and oxygen atoms in total. The molecule has 110 valence electrons. The van der Waals surface area contributed by atoms with Gasteiger partial charge in [-0.3, -0.25) is 0 Å². The number of hydrogen-bond donors (Lipinski definition) is 1. The Labute approximate surface area is 129 Å². The van der Waals surface area contributed by atoms with E-state index in [1.807, 2.05) is 12.1 Å². The lowest BCUT2D eigenvalue weighted by Crippen LogP contribution is -2.49. The van der Waals surface area contributed by atoms with Crippen molar-refractivity contribution in [3.05, 3.63) is 28.2 Å². The monoisotopic (exact) mass is 339 g/mol. The summed E-state index contributed by atoms with van der Waals surface area (Å²) in [7, 11) is 0. The number of rotatable bonds is 2. The lowest BCUT2D eigenvalue weighted by atomic mass is 9.79. The smallest absolute Gasteiger partial charge is 0.126 e. The Hall–Kier alpha value is -0.580. The van der Waals surface area contributed by atoms with Crippen LogP contribution in [-0.4, -0.2) is 18.3 Å². The highest BCUT2D eigenvalue weighted by atomic mass is 79.9. The second kappa shape index (κ2) is 5.66. The van der Waals surface area contributed by atoms with Crippen LogP contribution in [0, 0.1) is 0 Å². The minimum Gasteiger partial charge on any atom is -0.487 e. The third-order valence-electron chi connectivity index (χ3n) is 4.42. The van der Waals surface area contributed by atoms with Crippen LogP contribution >= 0.6 is 15.9 Å². The molecule has 4 heteroatoms. The molecule has 0 aromatic heterocycles. The summed E-state index contributed by atoms with van der Waals surface area (Å²) in [5, 5.41) is 0. The summed E-state index contributed by atoms with van der Waals surface area (Å²) in [6.45, 7) is 2.98. The van der Waals surface area contributed by atoms with E-state index in [1.165, 1.54) is 0 Å². The Morgan fingerprint density at radius 2 is 2.25 bits per heavy atom. The maximum atomic E-state index is 6.40. The van der Waals surface area contributed by atoms with E-state index in [2.05, 4.69) is 28.9 Å². The van der Waals surface area contributed by atoms with Crippen molar-refractivity contribution in [3.63, 3.8) is 0 Å². The van der Waals surface area contributed by atoms with E-state index in [1.54, 1.807) is 0 Å². The molecule has 2 aliphatic rings. The summed E-state index contributed by atoms with van der Waals surface area (Å²) in [4.78, 5) is 0. The molecule has 0 bridgehead atoms. The first-order valence-electron chi connectivity index (χ1n) is 7.47. The zero-order valence-corrected chi connectivity index (χ0v) is 13.5. The second-order valence-corrected chi connectivity index (χ2v) is 6.93. The molecule has 1 aromatic carbocycles. The van der Waals surface area contributed by atoms with E-state index < -0.39 is 0 Å². The van der Waals surface area contributed by atoms with Gasteiger partial charge in [0.2, 0.25) is 0 Å². The lowest BCUT2D eigenvalue weighted by Gasteiger charge is -2.46. The normalized spacial score (nSPS) is 32.8. The molecule has 2 aliphatic heterocycles. The zero-order valence-electron chi connectivity index (χ0n) is 11.9. The van der Waals surface area contributed by atoms with E-state index in [-0.39, 0.29) is 11.6 Å². The van der Waals surface area contributed by atoms with Gasteiger partial charge in [-0.15, -0.1) is 0 Å². The van der Waals surface area contributed by atoms with Gasteiger partial charge in [0.1, 0.15) is 11.4 Å². The molecule has 2 N–H and O–H groups in total. The fourth-order valence-electron chi connectivity index (χ4n) is 3.46. The van der Waals surface area contributed by atoms with Gasteiger partial charge < -0.3 is 15.2 Å². The quantitative estimate of drug-likeness (QED) is 0.887. The highest BCUT2D eigenvalue weighted by Crippen LogP contribution is 2.45. The van der Waals surface area contributed by atoms with Crippen molar-refractivity contribution >= 4 is 15.9 Å². The third kappa shape index (κ3) is 2.74. The van der Waals surface area contributed by atoms with Gasteiger partial charge in [0.15, 0.2) is 0 Å². The van der Waals surface area contributed by atoms with Gasteiger partial charge in [-0.25, -0.2) is 0 Å². The summed E-state index contributed by atoms with van der Waals surface area (Å²) in [6.07, 6.45) is 5.36. The van der Waals surface area contributed by atoms with Crippen LogP contribution in [0.2, 0.25) is 0 Å². The van der Waals surface area contributed by atoms with Crippen LogP contribution in [-0.2, 0) is 4.74 Å². The molecule has 20 heavy (non-hydrogen) atoms. The lowest BCUT2D eigenvalue weighted by molar-refractivity contribution is -0.103. The average Bonchev–Trinajstić information content (AvgIpc) is 2.38. The van der Waals surface area contributed by atoms with Crippen molar-refractivity contribution in [2.24, 2.45) is 5.73 Å². The fourth-order valence-corrected chi connectivity index (χ4v) is 3.80. The fraction of sp³-hybridized carbons (Fsp3) is 0.625. The van der Waals surface area contributed by atoms with Crippen LogP contribution in [0.1, 0.15) is 50.6 Å². The van der Waals surface area contributed by atoms with Gasteiger partial charge in [-0.1, -0.05) is 35.3 Å². The maximum absolute atomic E-state index is 6.40. The Balaban J connectivity index is 1.85. The van der Waals surface area contributed by atoms with Gasteiger partial charge in [-0.2, -0.15) is 0 Å². The van der Waals surface area contributed by atoms with E-state index in [9.17, 15) is 0 Å². The highest BCUT2D eigenvalue weighted by Gasteiger charge is 2.43. The van der Waals surface area contributed by atoms with Crippen molar-refractivity contribution in [1.82, 2.24) is 0 Å². The average molecular weight is 340 g/mol. The van der Waals surface area contributed by atoms with Crippen LogP contribution in [0.4, 0.5) is 0 Å². The topological polar surface area (TPSA) is 44.5 Å². The second-order valence-electron chi connectivity index (χ2n) is 6.01. The molecule has 1 saturated heterocycles. The minimum absolute atomic E-state index is 0.0622. The molecule has 3 atom stereocenters. The van der Waals surface area contributed by atoms with Crippen molar-refractivity contribution < 1.29 is 9.47 Å². The van der Waals surface area contributed by atoms with Crippen LogP contribution < -0.4 is 10.5 Å². The Morgan fingerprint density at radius 1 is 1.40 bits per heavy atom. The minimum atomic E-state index is -0.134. The zero-order chi connectivity index (χ0) is 14.2. The number of nitrogens with two attached hydrogens (primary N) is 1. The molecule has 1 aromatic rings. The van der Waals surface area contributed by atoms with Gasteiger partial charge in [0.05, 0.1) is 12.7 Å². The Morgan fingerprint density at radius 3 is 3.05 bits per heavy atom. The number of ether oxygens (including phenoxy) is 2. The highest BCUT2D eigenvalue weighted by molar-refractivity contribution is 9.10. The number of benzene rings is 1. The summed E-state index contributed by atoms with van der Waals surface area (Å²) in [6, 6.07) is 6.21. The van der Waals surface area contributed by atoms with Crippen LogP contribution in [0.15, 0.2) is 22.7 Å². The van der Waals surface area contributed by atoms with Crippen molar-refractivity contribution in [3.8, 4) is 5.75 Å². The maximum Gasteiger partial charge on any atom is 0.126 e. The van der Waals surface area contributed by atoms with Crippen molar-refractivity contribution in [1.29, 1.82) is 0 Å². The molecular formula is C16H22BrNO2. The van der Waals surface area contributed by atoms with Gasteiger partial charge in [0, 0.05) is 35.3 Å². The number of halogens is 1. The first kappa shape index (κ1) is 14.4. The molecule has 1 spiro atoms. The number of fused-ring (bicyclic) bond motifs is 1. The van der Waals surface area contributed by atoms with Gasteiger partial charge in [-0.05, 0) is 18.6 Å². The molecule has 2 heterocycles. The first-order valence-corrected chi connectivity index (χ1v) is 8.27. The Kier molecular flexibility index (Phi) is 4.07. The molecular weight excluding hydrogens is 318 g/mol. The van der Waals surface area contributed by atoms with Crippen LogP contribution in [0.5, 0.6) is 5.75 Å². The third-order valence-corrected chi connectivity index (χ3v) is 4.91. The van der Waals surface area contributed by atoms with E-state index in [0.29, 0.717) is 6.10 Å². The standard InChI is InChI=1S/C16H22BrNO2/c1-2-3-12-9-16(6-7-19-12)10-14(18)13-5-4-11(17)8-15(13)20-16/h4-5,8,12,14H,2-3,6-7,9-10,18H2,1H3/t12?,14-,16?/m1/s1. The van der Waals surface area contributed by atoms with E-state index >= 15 is 0 Å². The number of hydrogen-bond acceptors (Lipinski definition) is 3. The SMILES string of the molecule is CCCC1CC2(CCO1)C[C@@H](N)c1ccc(Br)cc1O2. The van der Waals surface area contributed by atoms with Crippen molar-refractivity contribution in [2.75, 3.05) is 6.61 Å². The van der Waals surface area contributed by atoms with E-state index in [0.717, 1.165) is 54.5 Å². The van der Waals surface area contributed by atoms with E-state index in [4.69, 9.17) is 15.2 Å². The largest absolute Gasteiger partial charge is 0.487 e.